The highest BCUT2D eigenvalue weighted by Crippen LogP contribution is 2.24. The van der Waals surface area contributed by atoms with Crippen LogP contribution in [0.3, 0.4) is 0 Å². The number of hydrogen-bond acceptors (Lipinski definition) is 20. The van der Waals surface area contributed by atoms with Crippen molar-refractivity contribution in [3.63, 3.8) is 0 Å². The molecule has 0 fully saturated rings. The number of nitrogens with zero attached hydrogens (tertiary/aromatic N) is 6. The molecule has 0 spiro atoms. The van der Waals surface area contributed by atoms with Gasteiger partial charge in [-0.15, -0.1) is 0 Å². The minimum atomic E-state index is -4.44. The predicted molar refractivity (Wildman–Crippen MR) is 219 cm³/mol. The number of hydrogen-bond donors (Lipinski definition) is 10. The van der Waals surface area contributed by atoms with Crippen molar-refractivity contribution in [1.82, 2.24) is 29.9 Å². The molecular formula is C33H32N12O12S4. The predicted octanol–water partition coefficient (Wildman–Crippen LogP) is 3.93. The molecule has 24 nitrogen and oxygen atoms in total. The molecule has 0 bridgehead atoms. The summed E-state index contributed by atoms with van der Waals surface area (Å²) in [5.74, 6) is 0.135. The Hall–Kier alpha value is -6.66. The van der Waals surface area contributed by atoms with Crippen LogP contribution in [0.25, 0.3) is 0 Å². The topological polar surface area (TPSA) is 367 Å². The van der Waals surface area contributed by atoms with E-state index >= 15 is 0 Å². The van der Waals surface area contributed by atoms with Crippen LogP contribution < -0.4 is 31.9 Å². The van der Waals surface area contributed by atoms with Gasteiger partial charge in [-0.05, 0) is 103 Å². The standard InChI is InChI=1S/C33H32N12O12S4/c46-58(47,48)24-10-2-20(3-11-24)36-30-40-28(41-31(44-30)37-21-4-12-25(13-5-21)59(49,50)51)34-18-1-19-35-29-42-32(38-22-6-14-26(15-7-22)60(52,53)54)45-33(43-29)39-23-8-16-27(17-9-23)61(55,56)57/h2-17H,1,18-19H2,(H,46,47,48)(H,49,50,51)(H,52,53,54)(H,55,56,57)(H3,34,36,37,40,41,44)(H3,35,38,39,42,43,45). The zero-order valence-electron chi connectivity index (χ0n) is 30.7. The number of anilines is 10. The highest BCUT2D eigenvalue weighted by Gasteiger charge is 2.15. The van der Waals surface area contributed by atoms with E-state index in [2.05, 4.69) is 61.8 Å². The van der Waals surface area contributed by atoms with Crippen LogP contribution >= 0.6 is 0 Å². The average Bonchev–Trinajstić information content (AvgIpc) is 3.17. The van der Waals surface area contributed by atoms with Gasteiger partial charge in [0.1, 0.15) is 0 Å². The van der Waals surface area contributed by atoms with Crippen LogP contribution in [-0.4, -0.2) is 94.9 Å². The maximum atomic E-state index is 11.5. The van der Waals surface area contributed by atoms with Gasteiger partial charge >= 0.3 is 0 Å². The Kier molecular flexibility index (Phi) is 12.9. The van der Waals surface area contributed by atoms with E-state index in [1.54, 1.807) is 0 Å². The van der Waals surface area contributed by atoms with Gasteiger partial charge in [0.2, 0.25) is 35.7 Å². The largest absolute Gasteiger partial charge is 0.354 e. The molecule has 320 valence electrons. The summed E-state index contributed by atoms with van der Waals surface area (Å²) in [4.78, 5) is 24.7. The van der Waals surface area contributed by atoms with Crippen LogP contribution in [-0.2, 0) is 40.5 Å². The van der Waals surface area contributed by atoms with E-state index in [-0.39, 0.29) is 68.4 Å². The second kappa shape index (κ2) is 17.9. The number of benzene rings is 4. The van der Waals surface area contributed by atoms with Crippen LogP contribution in [0.15, 0.2) is 117 Å². The van der Waals surface area contributed by atoms with E-state index < -0.39 is 40.5 Å². The highest BCUT2D eigenvalue weighted by atomic mass is 32.2. The molecular weight excluding hydrogens is 885 g/mol. The summed E-state index contributed by atoms with van der Waals surface area (Å²) < 4.78 is 129. The molecule has 6 rings (SSSR count). The third-order valence-corrected chi connectivity index (χ3v) is 11.3. The van der Waals surface area contributed by atoms with E-state index in [0.717, 1.165) is 0 Å². The second-order valence-corrected chi connectivity index (χ2v) is 18.0. The van der Waals surface area contributed by atoms with E-state index in [0.29, 0.717) is 29.2 Å². The van der Waals surface area contributed by atoms with Crippen LogP contribution in [0.4, 0.5) is 58.4 Å². The first-order valence-electron chi connectivity index (χ1n) is 17.1. The molecule has 0 atom stereocenters. The van der Waals surface area contributed by atoms with Crippen LogP contribution in [0.2, 0.25) is 0 Å². The third-order valence-electron chi connectivity index (χ3n) is 7.82. The zero-order chi connectivity index (χ0) is 44.0. The van der Waals surface area contributed by atoms with E-state index in [1.165, 1.54) is 97.1 Å². The molecule has 4 aromatic carbocycles. The molecule has 2 aromatic heterocycles. The van der Waals surface area contributed by atoms with Gasteiger partial charge in [0.05, 0.1) is 19.6 Å². The molecule has 0 aliphatic heterocycles. The molecule has 0 amide bonds. The Morgan fingerprint density at radius 3 is 0.721 bits per heavy atom. The summed E-state index contributed by atoms with van der Waals surface area (Å²) >= 11 is 0. The minimum Gasteiger partial charge on any atom is -0.354 e. The Morgan fingerprint density at radius 2 is 0.525 bits per heavy atom. The highest BCUT2D eigenvalue weighted by molar-refractivity contribution is 7.86. The van der Waals surface area contributed by atoms with Crippen LogP contribution in [0.5, 0.6) is 0 Å². The van der Waals surface area contributed by atoms with Crippen molar-refractivity contribution in [1.29, 1.82) is 0 Å². The van der Waals surface area contributed by atoms with E-state index in [4.69, 9.17) is 0 Å². The number of rotatable bonds is 18. The molecule has 28 heteroatoms. The van der Waals surface area contributed by atoms with Gasteiger partial charge in [0.25, 0.3) is 40.5 Å². The van der Waals surface area contributed by atoms with E-state index in [9.17, 15) is 51.9 Å². The monoisotopic (exact) mass is 916 g/mol. The van der Waals surface area contributed by atoms with E-state index in [1.807, 2.05) is 0 Å². The lowest BCUT2D eigenvalue weighted by Gasteiger charge is -2.13. The van der Waals surface area contributed by atoms with Gasteiger partial charge in [0, 0.05) is 35.8 Å². The lowest BCUT2D eigenvalue weighted by atomic mass is 10.3. The fourth-order valence-electron chi connectivity index (χ4n) is 4.98. The first-order chi connectivity index (χ1) is 28.7. The SMILES string of the molecule is O=S(=O)(O)c1ccc(Nc2nc(NCCCNc3nc(Nc4ccc(S(=O)(=O)O)cc4)nc(Nc4ccc(S(=O)(=O)O)cc4)n3)nc(Nc3ccc(S(=O)(=O)O)cc3)n2)cc1. The second-order valence-electron chi connectivity index (χ2n) is 12.3. The van der Waals surface area contributed by atoms with Crippen molar-refractivity contribution in [2.45, 2.75) is 26.0 Å². The lowest BCUT2D eigenvalue weighted by Crippen LogP contribution is -2.15. The Morgan fingerprint density at radius 1 is 0.328 bits per heavy atom. The van der Waals surface area contributed by atoms with Crippen LogP contribution in [0, 0.1) is 0 Å². The van der Waals surface area contributed by atoms with Gasteiger partial charge in [-0.1, -0.05) is 0 Å². The van der Waals surface area contributed by atoms with Crippen molar-refractivity contribution in [2.24, 2.45) is 0 Å². The summed E-state index contributed by atoms with van der Waals surface area (Å²) in [6.45, 7) is 0.507. The Balaban J connectivity index is 1.16. The molecule has 10 N–H and O–H groups in total. The van der Waals surface area contributed by atoms with Gasteiger partial charge in [-0.3, -0.25) is 18.2 Å². The molecule has 0 saturated carbocycles. The summed E-state index contributed by atoms with van der Waals surface area (Å²) in [5.41, 5.74) is 1.40. The maximum absolute atomic E-state index is 11.5. The summed E-state index contributed by atoms with van der Waals surface area (Å²) in [6.07, 6.45) is 0.400. The number of nitrogens with one attached hydrogen (secondary N) is 6. The average molecular weight is 917 g/mol. The third kappa shape index (κ3) is 12.7. The molecule has 6 aromatic rings. The smallest absolute Gasteiger partial charge is 0.294 e. The van der Waals surface area contributed by atoms with Crippen molar-refractivity contribution in [2.75, 3.05) is 45.0 Å². The van der Waals surface area contributed by atoms with Crippen molar-refractivity contribution in [3.8, 4) is 0 Å². The molecule has 0 radical (unpaired) electrons. The lowest BCUT2D eigenvalue weighted by molar-refractivity contribution is 0.481. The molecule has 0 saturated heterocycles. The maximum Gasteiger partial charge on any atom is 0.294 e. The van der Waals surface area contributed by atoms with Gasteiger partial charge < -0.3 is 31.9 Å². The zero-order valence-corrected chi connectivity index (χ0v) is 34.0. The number of aromatic nitrogens is 6. The van der Waals surface area contributed by atoms with Crippen molar-refractivity contribution < 1.29 is 51.9 Å². The quantitative estimate of drug-likeness (QED) is 0.0431. The van der Waals surface area contributed by atoms with Crippen LogP contribution in [0.1, 0.15) is 6.42 Å². The van der Waals surface area contributed by atoms with Gasteiger partial charge in [-0.25, -0.2) is 0 Å². The first kappa shape index (κ1) is 43.9. The van der Waals surface area contributed by atoms with Crippen molar-refractivity contribution in [3.05, 3.63) is 97.1 Å². The fraction of sp³-hybridized carbons (Fsp3) is 0.0909. The molecule has 0 unspecified atom stereocenters. The first-order valence-corrected chi connectivity index (χ1v) is 22.8. The normalized spacial score (nSPS) is 12.0. The molecule has 61 heavy (non-hydrogen) atoms. The Labute approximate surface area is 347 Å². The summed E-state index contributed by atoms with van der Waals surface area (Å²) in [7, 11) is -17.8. The Bertz CT molecular complexity index is 2590. The molecule has 0 aliphatic rings. The minimum absolute atomic E-state index is 0.00205. The van der Waals surface area contributed by atoms with Crippen molar-refractivity contribution >= 4 is 98.9 Å². The molecule has 0 aliphatic carbocycles. The van der Waals surface area contributed by atoms with Gasteiger partial charge in [-0.2, -0.15) is 63.6 Å². The van der Waals surface area contributed by atoms with Gasteiger partial charge in [0.15, 0.2) is 0 Å². The summed E-state index contributed by atoms with van der Waals surface area (Å²) in [5, 5.41) is 17.8. The molecule has 2 heterocycles. The fourth-order valence-corrected chi connectivity index (χ4v) is 6.90. The summed E-state index contributed by atoms with van der Waals surface area (Å²) in [6, 6.07) is 20.3.